The summed E-state index contributed by atoms with van der Waals surface area (Å²) in [7, 11) is 3.21. The Morgan fingerprint density at radius 3 is 2.33 bits per heavy atom. The normalized spacial score (nSPS) is 13.9. The molecule has 27 heavy (non-hydrogen) atoms. The van der Waals surface area contributed by atoms with Crippen molar-refractivity contribution in [1.29, 1.82) is 0 Å². The van der Waals surface area contributed by atoms with Crippen LogP contribution in [-0.4, -0.2) is 32.8 Å². The van der Waals surface area contributed by atoms with Crippen LogP contribution in [0, 0.1) is 0 Å². The maximum absolute atomic E-state index is 12.2. The van der Waals surface area contributed by atoms with E-state index in [1.165, 1.54) is 12.8 Å². The second kappa shape index (κ2) is 9.16. The van der Waals surface area contributed by atoms with Crippen LogP contribution in [0.4, 0.5) is 5.69 Å². The minimum absolute atomic E-state index is 0.0861. The molecular weight excluding hydrogens is 346 g/mol. The number of methoxy groups -OCH3 is 2. The monoisotopic (exact) mass is 371 g/mol. The lowest BCUT2D eigenvalue weighted by atomic mass is 10.2. The van der Waals surface area contributed by atoms with E-state index < -0.39 is 0 Å². The van der Waals surface area contributed by atoms with Gasteiger partial charge in [-0.15, -0.1) is 0 Å². The standard InChI is InChI=1S/C21H25NO5/c1-24-16-8-10-17(11-9-16)26-14-21(23)22-15-7-12-19(25-2)20(13-15)27-18-5-3-4-6-18/h7-13,18H,3-6,14H2,1-2H3,(H,22,23). The Kier molecular flexibility index (Phi) is 6.41. The van der Waals surface area contributed by atoms with Crippen molar-refractivity contribution in [3.8, 4) is 23.0 Å². The van der Waals surface area contributed by atoms with Crippen LogP contribution in [0.15, 0.2) is 42.5 Å². The molecular formula is C21H25NO5. The third-order valence-electron chi connectivity index (χ3n) is 4.47. The summed E-state index contributed by atoms with van der Waals surface area (Å²) in [6.45, 7) is -0.0861. The van der Waals surface area contributed by atoms with Crippen molar-refractivity contribution in [3.05, 3.63) is 42.5 Å². The molecule has 1 aliphatic rings. The van der Waals surface area contributed by atoms with Crippen molar-refractivity contribution in [2.75, 3.05) is 26.1 Å². The van der Waals surface area contributed by atoms with Crippen LogP contribution in [0.1, 0.15) is 25.7 Å². The molecule has 1 aliphatic carbocycles. The molecule has 0 spiro atoms. The number of carbonyl (C=O) groups excluding carboxylic acids is 1. The van der Waals surface area contributed by atoms with Crippen molar-refractivity contribution < 1.29 is 23.7 Å². The van der Waals surface area contributed by atoms with Gasteiger partial charge in [0.2, 0.25) is 0 Å². The van der Waals surface area contributed by atoms with Crippen LogP contribution < -0.4 is 24.3 Å². The molecule has 2 aromatic carbocycles. The van der Waals surface area contributed by atoms with Gasteiger partial charge in [-0.3, -0.25) is 4.79 Å². The quantitative estimate of drug-likeness (QED) is 0.758. The van der Waals surface area contributed by atoms with Crippen LogP contribution in [0.2, 0.25) is 0 Å². The molecule has 1 saturated carbocycles. The fourth-order valence-electron chi connectivity index (χ4n) is 3.05. The predicted octanol–water partition coefficient (Wildman–Crippen LogP) is 4.04. The lowest BCUT2D eigenvalue weighted by Gasteiger charge is -2.17. The number of hydrogen-bond donors (Lipinski definition) is 1. The first kappa shape index (κ1) is 18.9. The van der Waals surface area contributed by atoms with Gasteiger partial charge in [-0.2, -0.15) is 0 Å². The zero-order valence-electron chi connectivity index (χ0n) is 15.7. The molecule has 1 fully saturated rings. The van der Waals surface area contributed by atoms with Crippen molar-refractivity contribution >= 4 is 11.6 Å². The second-order valence-electron chi connectivity index (χ2n) is 6.40. The summed E-state index contributed by atoms with van der Waals surface area (Å²) in [6.07, 6.45) is 4.69. The molecule has 6 heteroatoms. The van der Waals surface area contributed by atoms with Gasteiger partial charge in [-0.25, -0.2) is 0 Å². The summed E-state index contributed by atoms with van der Waals surface area (Å²) in [4.78, 5) is 12.2. The van der Waals surface area contributed by atoms with Crippen LogP contribution >= 0.6 is 0 Å². The third-order valence-corrected chi connectivity index (χ3v) is 4.47. The van der Waals surface area contributed by atoms with Gasteiger partial charge in [0, 0.05) is 11.8 Å². The Balaban J connectivity index is 1.57. The topological polar surface area (TPSA) is 66.0 Å². The van der Waals surface area contributed by atoms with E-state index >= 15 is 0 Å². The van der Waals surface area contributed by atoms with E-state index in [2.05, 4.69) is 5.32 Å². The third kappa shape index (κ3) is 5.29. The van der Waals surface area contributed by atoms with E-state index in [1.54, 1.807) is 56.7 Å². The van der Waals surface area contributed by atoms with E-state index in [-0.39, 0.29) is 18.6 Å². The van der Waals surface area contributed by atoms with Gasteiger partial charge in [0.25, 0.3) is 5.91 Å². The predicted molar refractivity (Wildman–Crippen MR) is 103 cm³/mol. The van der Waals surface area contributed by atoms with Crippen molar-refractivity contribution in [2.45, 2.75) is 31.8 Å². The molecule has 0 heterocycles. The highest BCUT2D eigenvalue weighted by Gasteiger charge is 2.19. The molecule has 0 saturated heterocycles. The number of hydrogen-bond acceptors (Lipinski definition) is 5. The Morgan fingerprint density at radius 2 is 1.67 bits per heavy atom. The molecule has 2 aromatic rings. The van der Waals surface area contributed by atoms with Gasteiger partial charge in [0.05, 0.1) is 20.3 Å². The van der Waals surface area contributed by atoms with Gasteiger partial charge in [0.15, 0.2) is 18.1 Å². The number of anilines is 1. The SMILES string of the molecule is COc1ccc(OCC(=O)Nc2ccc(OC)c(OC3CCCC3)c2)cc1. The highest BCUT2D eigenvalue weighted by molar-refractivity contribution is 5.92. The van der Waals surface area contributed by atoms with E-state index in [4.69, 9.17) is 18.9 Å². The van der Waals surface area contributed by atoms with Gasteiger partial charge >= 0.3 is 0 Å². The molecule has 0 radical (unpaired) electrons. The number of amides is 1. The Morgan fingerprint density at radius 1 is 0.963 bits per heavy atom. The summed E-state index contributed by atoms with van der Waals surface area (Å²) >= 11 is 0. The molecule has 0 aliphatic heterocycles. The van der Waals surface area contributed by atoms with Crippen LogP contribution in [0.25, 0.3) is 0 Å². The summed E-state index contributed by atoms with van der Waals surface area (Å²) in [5, 5.41) is 2.83. The summed E-state index contributed by atoms with van der Waals surface area (Å²) < 4.78 is 22.0. The van der Waals surface area contributed by atoms with Crippen molar-refractivity contribution in [2.24, 2.45) is 0 Å². The Hall–Kier alpha value is -2.89. The minimum atomic E-state index is -0.247. The van der Waals surface area contributed by atoms with E-state index in [0.29, 0.717) is 22.9 Å². The molecule has 0 atom stereocenters. The van der Waals surface area contributed by atoms with E-state index in [0.717, 1.165) is 18.6 Å². The first-order valence-corrected chi connectivity index (χ1v) is 9.09. The molecule has 0 aromatic heterocycles. The fourth-order valence-corrected chi connectivity index (χ4v) is 3.05. The zero-order valence-corrected chi connectivity index (χ0v) is 15.7. The van der Waals surface area contributed by atoms with Gasteiger partial charge in [0.1, 0.15) is 11.5 Å². The molecule has 1 N–H and O–H groups in total. The number of rotatable bonds is 8. The van der Waals surface area contributed by atoms with Crippen LogP contribution in [-0.2, 0) is 4.79 Å². The van der Waals surface area contributed by atoms with Gasteiger partial charge in [-0.05, 0) is 62.1 Å². The Bertz CT molecular complexity index is 754. The number of ether oxygens (including phenoxy) is 4. The highest BCUT2D eigenvalue weighted by Crippen LogP contribution is 2.33. The number of carbonyl (C=O) groups is 1. The largest absolute Gasteiger partial charge is 0.497 e. The lowest BCUT2D eigenvalue weighted by molar-refractivity contribution is -0.118. The van der Waals surface area contributed by atoms with E-state index in [1.807, 2.05) is 0 Å². The average molecular weight is 371 g/mol. The molecule has 0 bridgehead atoms. The van der Waals surface area contributed by atoms with Crippen LogP contribution in [0.3, 0.4) is 0 Å². The first-order chi connectivity index (χ1) is 13.2. The highest BCUT2D eigenvalue weighted by atomic mass is 16.5. The average Bonchev–Trinajstić information content (AvgIpc) is 3.20. The maximum Gasteiger partial charge on any atom is 0.262 e. The van der Waals surface area contributed by atoms with Crippen molar-refractivity contribution in [3.63, 3.8) is 0 Å². The number of nitrogens with one attached hydrogen (secondary N) is 1. The molecule has 6 nitrogen and oxygen atoms in total. The van der Waals surface area contributed by atoms with Crippen molar-refractivity contribution in [1.82, 2.24) is 0 Å². The minimum Gasteiger partial charge on any atom is -0.497 e. The number of benzene rings is 2. The van der Waals surface area contributed by atoms with Gasteiger partial charge < -0.3 is 24.3 Å². The second-order valence-corrected chi connectivity index (χ2v) is 6.40. The zero-order chi connectivity index (χ0) is 19.1. The molecule has 0 unspecified atom stereocenters. The van der Waals surface area contributed by atoms with E-state index in [9.17, 15) is 4.79 Å². The summed E-state index contributed by atoms with van der Waals surface area (Å²) in [5.74, 6) is 2.40. The summed E-state index contributed by atoms with van der Waals surface area (Å²) in [5.41, 5.74) is 0.645. The van der Waals surface area contributed by atoms with Crippen LogP contribution in [0.5, 0.6) is 23.0 Å². The fraction of sp³-hybridized carbons (Fsp3) is 0.381. The molecule has 1 amide bonds. The van der Waals surface area contributed by atoms with Gasteiger partial charge in [-0.1, -0.05) is 0 Å². The first-order valence-electron chi connectivity index (χ1n) is 9.09. The molecule has 144 valence electrons. The molecule has 3 rings (SSSR count). The smallest absolute Gasteiger partial charge is 0.262 e. The lowest BCUT2D eigenvalue weighted by Crippen LogP contribution is -2.20. The maximum atomic E-state index is 12.2. The summed E-state index contributed by atoms with van der Waals surface area (Å²) in [6, 6.07) is 12.4. The Labute approximate surface area is 159 Å².